The number of carbonyl (C=O) groups excluding carboxylic acids is 2. The fourth-order valence-electron chi connectivity index (χ4n) is 6.89. The van der Waals surface area contributed by atoms with Gasteiger partial charge in [0.1, 0.15) is 17.1 Å². The highest BCUT2D eigenvalue weighted by Gasteiger charge is 2.46. The van der Waals surface area contributed by atoms with Gasteiger partial charge in [0, 0.05) is 59.3 Å². The summed E-state index contributed by atoms with van der Waals surface area (Å²) in [7, 11) is 0. The van der Waals surface area contributed by atoms with Crippen molar-refractivity contribution in [1.29, 1.82) is 0 Å². The van der Waals surface area contributed by atoms with Gasteiger partial charge in [-0.25, -0.2) is 4.99 Å². The van der Waals surface area contributed by atoms with Crippen molar-refractivity contribution in [2.45, 2.75) is 33.1 Å². The largest absolute Gasteiger partial charge is 0.362 e. The van der Waals surface area contributed by atoms with E-state index < -0.39 is 0 Å². The number of carbonyl (C=O) groups is 2. The summed E-state index contributed by atoms with van der Waals surface area (Å²) in [6, 6.07) is 41.2. The molecule has 2 aliphatic heterocycles. The topological polar surface area (TPSA) is 59.5 Å². The number of amides is 1. The Labute approximate surface area is 276 Å². The second-order valence-electron chi connectivity index (χ2n) is 12.3. The second-order valence-corrected chi connectivity index (χ2v) is 12.3. The smallest absolute Gasteiger partial charge is 0.243 e. The van der Waals surface area contributed by atoms with Crippen molar-refractivity contribution in [2.24, 2.45) is 4.99 Å². The van der Waals surface area contributed by atoms with Gasteiger partial charge in [0.2, 0.25) is 11.7 Å². The normalized spacial score (nSPS) is 16.4. The first-order valence-corrected chi connectivity index (χ1v) is 16.3. The Kier molecular flexibility index (Phi) is 8.69. The van der Waals surface area contributed by atoms with E-state index in [2.05, 4.69) is 68.1 Å². The molecule has 0 bridgehead atoms. The lowest BCUT2D eigenvalue weighted by atomic mass is 9.90. The monoisotopic (exact) mass is 621 g/mol. The summed E-state index contributed by atoms with van der Waals surface area (Å²) in [5, 5.41) is 0. The first kappa shape index (κ1) is 30.2. The van der Waals surface area contributed by atoms with E-state index in [1.807, 2.05) is 72.8 Å². The van der Waals surface area contributed by atoms with Gasteiger partial charge in [0.05, 0.1) is 11.4 Å². The number of Topliss-reactive ketones (excluding diaryl/α,β-unsaturated/α-hetero) is 1. The molecule has 1 aliphatic carbocycles. The molecule has 4 aromatic carbocycles. The van der Waals surface area contributed by atoms with Crippen molar-refractivity contribution in [2.75, 3.05) is 26.2 Å². The number of rotatable bonds is 8. The Morgan fingerprint density at radius 1 is 0.489 bits per heavy atom. The minimum absolute atomic E-state index is 0.0140. The molecule has 0 radical (unpaired) electrons. The van der Waals surface area contributed by atoms with E-state index in [0.29, 0.717) is 69.5 Å². The fourth-order valence-corrected chi connectivity index (χ4v) is 6.89. The number of benzene rings is 4. The summed E-state index contributed by atoms with van der Waals surface area (Å²) in [5.74, 6) is -0.298. The summed E-state index contributed by atoms with van der Waals surface area (Å²) in [5.41, 5.74) is 7.85. The van der Waals surface area contributed by atoms with Gasteiger partial charge < -0.3 is 19.6 Å². The van der Waals surface area contributed by atoms with Gasteiger partial charge in [-0.1, -0.05) is 121 Å². The van der Waals surface area contributed by atoms with Gasteiger partial charge in [0.25, 0.3) is 0 Å². The predicted molar refractivity (Wildman–Crippen MR) is 185 cm³/mol. The maximum atomic E-state index is 15.2. The van der Waals surface area contributed by atoms with Crippen molar-refractivity contribution >= 4 is 17.4 Å². The lowest BCUT2D eigenvalue weighted by Crippen LogP contribution is -2.54. The maximum Gasteiger partial charge on any atom is 0.243 e. The van der Waals surface area contributed by atoms with Crippen LogP contribution in [0.25, 0.3) is 0 Å². The zero-order chi connectivity index (χ0) is 32.2. The zero-order valence-electron chi connectivity index (χ0n) is 26.8. The highest BCUT2D eigenvalue weighted by Crippen LogP contribution is 2.39. The molecule has 1 amide bonds. The summed E-state index contributed by atoms with van der Waals surface area (Å²) in [6.45, 7) is 6.64. The van der Waals surface area contributed by atoms with Crippen molar-refractivity contribution in [1.82, 2.24) is 19.6 Å². The van der Waals surface area contributed by atoms with Crippen LogP contribution >= 0.6 is 0 Å². The highest BCUT2D eigenvalue weighted by atomic mass is 16.1. The van der Waals surface area contributed by atoms with Crippen LogP contribution in [-0.4, -0.2) is 63.2 Å². The van der Waals surface area contributed by atoms with Crippen LogP contribution in [0.15, 0.2) is 149 Å². The number of hydrogen-bond donors (Lipinski definition) is 0. The molecule has 0 atom stereocenters. The number of nitrogens with zero attached hydrogens (tertiary/aromatic N) is 5. The van der Waals surface area contributed by atoms with Crippen LogP contribution in [0.1, 0.15) is 29.2 Å². The molecule has 4 aromatic rings. The molecule has 7 heteroatoms. The number of hydrogen-bond acceptors (Lipinski definition) is 6. The zero-order valence-corrected chi connectivity index (χ0v) is 26.8. The minimum Gasteiger partial charge on any atom is -0.362 e. The quantitative estimate of drug-likeness (QED) is 0.225. The molecule has 0 N–H and O–H groups in total. The van der Waals surface area contributed by atoms with E-state index in [1.54, 1.807) is 0 Å². The van der Waals surface area contributed by atoms with Crippen LogP contribution in [0, 0.1) is 0 Å². The SMILES string of the molecule is CC(=O)N=C1C2=C(C(=O)C3=C1N(Cc1ccccc1)CCN3Cc1ccccc1)N(Cc1ccccc1)CCN2Cc1ccccc1. The summed E-state index contributed by atoms with van der Waals surface area (Å²) < 4.78 is 0. The molecular weight excluding hydrogens is 582 g/mol. The Balaban J connectivity index is 1.40. The van der Waals surface area contributed by atoms with Crippen LogP contribution in [0.5, 0.6) is 0 Å². The lowest BCUT2D eigenvalue weighted by Gasteiger charge is -2.48. The van der Waals surface area contributed by atoms with Crippen LogP contribution in [0.3, 0.4) is 0 Å². The van der Waals surface area contributed by atoms with Gasteiger partial charge in [0.15, 0.2) is 0 Å². The Morgan fingerprint density at radius 2 is 0.766 bits per heavy atom. The van der Waals surface area contributed by atoms with Crippen LogP contribution in [0.4, 0.5) is 0 Å². The molecule has 7 rings (SSSR count). The Morgan fingerprint density at radius 3 is 1.04 bits per heavy atom. The van der Waals surface area contributed by atoms with E-state index >= 15 is 4.79 Å². The first-order chi connectivity index (χ1) is 23.0. The average Bonchev–Trinajstić information content (AvgIpc) is 3.09. The third kappa shape index (κ3) is 6.47. The highest BCUT2D eigenvalue weighted by molar-refractivity contribution is 6.28. The molecule has 0 saturated heterocycles. The maximum absolute atomic E-state index is 15.2. The third-order valence-corrected chi connectivity index (χ3v) is 9.01. The van der Waals surface area contributed by atoms with E-state index in [1.165, 1.54) is 6.92 Å². The van der Waals surface area contributed by atoms with Gasteiger partial charge in [-0.15, -0.1) is 0 Å². The van der Waals surface area contributed by atoms with Crippen molar-refractivity contribution in [3.63, 3.8) is 0 Å². The molecule has 3 aliphatic rings. The summed E-state index contributed by atoms with van der Waals surface area (Å²) >= 11 is 0. The fraction of sp³-hybridized carbons (Fsp3) is 0.225. The molecular formula is C40H39N5O2. The molecule has 7 nitrogen and oxygen atoms in total. The van der Waals surface area contributed by atoms with E-state index in [9.17, 15) is 4.79 Å². The standard InChI is InChI=1S/C40H39N5O2/c1-30(46)41-35-36-38(44(28-33-18-10-4-11-19-33)24-22-42(36)26-31-14-6-2-7-15-31)40(47)39-37(35)43(27-32-16-8-3-9-17-32)23-25-45(39)29-34-20-12-5-13-21-34/h2-21H,22-29H2,1H3. The van der Waals surface area contributed by atoms with Crippen molar-refractivity contribution < 1.29 is 9.59 Å². The third-order valence-electron chi connectivity index (χ3n) is 9.01. The van der Waals surface area contributed by atoms with E-state index in [-0.39, 0.29) is 11.7 Å². The molecule has 2 heterocycles. The number of ketones is 1. The molecule has 0 saturated carbocycles. The Bertz CT molecular complexity index is 1710. The van der Waals surface area contributed by atoms with Gasteiger partial charge >= 0.3 is 0 Å². The van der Waals surface area contributed by atoms with Crippen LogP contribution < -0.4 is 0 Å². The molecule has 0 fully saturated rings. The second kappa shape index (κ2) is 13.5. The van der Waals surface area contributed by atoms with Gasteiger partial charge in [-0.2, -0.15) is 0 Å². The molecule has 0 unspecified atom stereocenters. The summed E-state index contributed by atoms with van der Waals surface area (Å²) in [4.78, 5) is 42.0. The van der Waals surface area contributed by atoms with Crippen molar-refractivity contribution in [3.05, 3.63) is 166 Å². The molecule has 0 aromatic heterocycles. The van der Waals surface area contributed by atoms with Gasteiger partial charge in [-0.05, 0) is 22.3 Å². The van der Waals surface area contributed by atoms with Crippen molar-refractivity contribution in [3.8, 4) is 0 Å². The average molecular weight is 622 g/mol. The first-order valence-electron chi connectivity index (χ1n) is 16.3. The van der Waals surface area contributed by atoms with Crippen LogP contribution in [0.2, 0.25) is 0 Å². The van der Waals surface area contributed by atoms with E-state index in [0.717, 1.165) is 33.6 Å². The predicted octanol–water partition coefficient (Wildman–Crippen LogP) is 6.02. The minimum atomic E-state index is -0.285. The van der Waals surface area contributed by atoms with E-state index in [4.69, 9.17) is 4.99 Å². The Hall–Kier alpha value is -5.43. The van der Waals surface area contributed by atoms with Gasteiger partial charge in [-0.3, -0.25) is 9.59 Å². The molecule has 0 spiro atoms. The summed E-state index contributed by atoms with van der Waals surface area (Å²) in [6.07, 6.45) is 0. The molecule has 47 heavy (non-hydrogen) atoms. The molecule has 236 valence electrons. The lowest BCUT2D eigenvalue weighted by molar-refractivity contribution is -0.117. The van der Waals surface area contributed by atoms with Crippen LogP contribution in [-0.2, 0) is 35.8 Å². The number of aliphatic imine (C=N–C) groups is 1.